The predicted molar refractivity (Wildman–Crippen MR) is 116 cm³/mol. The average molecular weight is 396 g/mol. The molecule has 5 aromatic heterocycles. The van der Waals surface area contributed by atoms with E-state index in [-0.39, 0.29) is 0 Å². The van der Waals surface area contributed by atoms with Gasteiger partial charge in [0, 0.05) is 30.9 Å². The molecule has 0 spiro atoms. The van der Waals surface area contributed by atoms with Gasteiger partial charge in [-0.05, 0) is 43.5 Å². The lowest BCUT2D eigenvalue weighted by Gasteiger charge is -2.27. The molecule has 0 saturated carbocycles. The highest BCUT2D eigenvalue weighted by Gasteiger charge is 2.20. The summed E-state index contributed by atoms with van der Waals surface area (Å²) in [7, 11) is 0. The van der Waals surface area contributed by atoms with Crippen LogP contribution in [0.15, 0.2) is 48.9 Å². The molecule has 2 N–H and O–H groups in total. The van der Waals surface area contributed by atoms with Crippen molar-refractivity contribution in [2.24, 2.45) is 0 Å². The number of nitrogens with one attached hydrogen (secondary N) is 2. The summed E-state index contributed by atoms with van der Waals surface area (Å²) < 4.78 is 0. The third kappa shape index (κ3) is 2.80. The second-order valence-corrected chi connectivity index (χ2v) is 7.57. The molecule has 0 atom stereocenters. The van der Waals surface area contributed by atoms with Gasteiger partial charge in [0.25, 0.3) is 0 Å². The van der Waals surface area contributed by atoms with E-state index in [1.165, 1.54) is 19.3 Å². The first-order valence-electron chi connectivity index (χ1n) is 10.2. The lowest BCUT2D eigenvalue weighted by molar-refractivity contribution is 0.574. The van der Waals surface area contributed by atoms with E-state index in [0.29, 0.717) is 0 Å². The van der Waals surface area contributed by atoms with Gasteiger partial charge in [-0.1, -0.05) is 6.07 Å². The number of hydrogen-bond donors (Lipinski definition) is 2. The summed E-state index contributed by atoms with van der Waals surface area (Å²) in [5, 5.41) is 8.55. The molecule has 5 aromatic rings. The summed E-state index contributed by atoms with van der Waals surface area (Å²) >= 11 is 0. The van der Waals surface area contributed by atoms with Gasteiger partial charge < -0.3 is 9.88 Å². The van der Waals surface area contributed by atoms with Crippen molar-refractivity contribution in [1.82, 2.24) is 35.1 Å². The zero-order valence-electron chi connectivity index (χ0n) is 16.3. The SMILES string of the molecule is c1ccc(-c2cc3c(-c4nc5c(N6CCCCC6)nccc5[nH]4)n[nH]c3cn2)nc1. The molecule has 8 nitrogen and oxygen atoms in total. The Labute approximate surface area is 172 Å². The van der Waals surface area contributed by atoms with Gasteiger partial charge in [-0.15, -0.1) is 0 Å². The average Bonchev–Trinajstić information content (AvgIpc) is 3.43. The smallest absolute Gasteiger partial charge is 0.159 e. The highest BCUT2D eigenvalue weighted by atomic mass is 15.2. The van der Waals surface area contributed by atoms with E-state index in [2.05, 4.69) is 35.0 Å². The topological polar surface area (TPSA) is 99.3 Å². The molecule has 30 heavy (non-hydrogen) atoms. The zero-order chi connectivity index (χ0) is 19.9. The fourth-order valence-corrected chi connectivity index (χ4v) is 4.12. The Morgan fingerprint density at radius 1 is 0.867 bits per heavy atom. The van der Waals surface area contributed by atoms with E-state index in [9.17, 15) is 0 Å². The lowest BCUT2D eigenvalue weighted by Crippen LogP contribution is -2.30. The zero-order valence-corrected chi connectivity index (χ0v) is 16.3. The number of aromatic amines is 2. The maximum atomic E-state index is 4.90. The van der Waals surface area contributed by atoms with E-state index in [1.54, 1.807) is 12.4 Å². The van der Waals surface area contributed by atoms with Crippen LogP contribution < -0.4 is 4.90 Å². The monoisotopic (exact) mass is 396 g/mol. The Balaban J connectivity index is 1.47. The molecule has 0 aromatic carbocycles. The molecule has 6 rings (SSSR count). The van der Waals surface area contributed by atoms with Crippen LogP contribution in [0.1, 0.15) is 19.3 Å². The Hall–Kier alpha value is -3.81. The third-order valence-electron chi connectivity index (χ3n) is 5.64. The molecule has 8 heteroatoms. The van der Waals surface area contributed by atoms with Gasteiger partial charge in [-0.2, -0.15) is 5.10 Å². The van der Waals surface area contributed by atoms with Crippen LogP contribution in [0.2, 0.25) is 0 Å². The van der Waals surface area contributed by atoms with Gasteiger partial charge in [0.05, 0.1) is 28.6 Å². The van der Waals surface area contributed by atoms with Crippen LogP contribution in [0.3, 0.4) is 0 Å². The van der Waals surface area contributed by atoms with E-state index in [1.807, 2.05) is 36.5 Å². The normalized spacial score (nSPS) is 14.6. The molecule has 0 aliphatic carbocycles. The van der Waals surface area contributed by atoms with Crippen molar-refractivity contribution in [2.45, 2.75) is 19.3 Å². The van der Waals surface area contributed by atoms with Crippen LogP contribution in [0.5, 0.6) is 0 Å². The molecular weight excluding hydrogens is 376 g/mol. The second kappa shape index (κ2) is 6.91. The predicted octanol–water partition coefficient (Wildman–Crippen LogP) is 3.95. The van der Waals surface area contributed by atoms with E-state index < -0.39 is 0 Å². The molecule has 6 heterocycles. The van der Waals surface area contributed by atoms with Crippen LogP contribution >= 0.6 is 0 Å². The molecule has 0 radical (unpaired) electrons. The summed E-state index contributed by atoms with van der Waals surface area (Å²) in [6.45, 7) is 2.05. The summed E-state index contributed by atoms with van der Waals surface area (Å²) in [6.07, 6.45) is 9.08. The number of imidazole rings is 1. The molecule has 1 aliphatic rings. The third-order valence-corrected chi connectivity index (χ3v) is 5.64. The van der Waals surface area contributed by atoms with Crippen molar-refractivity contribution in [2.75, 3.05) is 18.0 Å². The minimum Gasteiger partial charge on any atom is -0.355 e. The number of piperidine rings is 1. The van der Waals surface area contributed by atoms with Gasteiger partial charge in [0.2, 0.25) is 0 Å². The van der Waals surface area contributed by atoms with E-state index in [4.69, 9.17) is 4.98 Å². The Morgan fingerprint density at radius 3 is 2.67 bits per heavy atom. The highest BCUT2D eigenvalue weighted by molar-refractivity contribution is 5.96. The van der Waals surface area contributed by atoms with E-state index >= 15 is 0 Å². The molecule has 0 unspecified atom stereocenters. The Morgan fingerprint density at radius 2 is 1.80 bits per heavy atom. The standard InChI is InChI=1S/C22H20N8/c1-4-10-30(11-5-1)22-20-16(7-9-24-22)26-21(27-20)19-14-12-17(15-6-2-3-8-23-15)25-13-18(14)28-29-19/h2-3,6-9,12-13H,1,4-5,10-11H2,(H,26,27)(H,28,29). The van der Waals surface area contributed by atoms with Crippen molar-refractivity contribution in [3.05, 3.63) is 48.9 Å². The van der Waals surface area contributed by atoms with E-state index in [0.717, 1.165) is 63.7 Å². The van der Waals surface area contributed by atoms with Crippen LogP contribution in [-0.2, 0) is 0 Å². The van der Waals surface area contributed by atoms with Crippen molar-refractivity contribution >= 4 is 27.8 Å². The molecule has 1 saturated heterocycles. The number of anilines is 1. The minimum absolute atomic E-state index is 0.723. The summed E-state index contributed by atoms with van der Waals surface area (Å²) in [6, 6.07) is 9.78. The van der Waals surface area contributed by atoms with Gasteiger partial charge in [0.1, 0.15) is 11.2 Å². The number of nitrogens with zero attached hydrogens (tertiary/aromatic N) is 6. The minimum atomic E-state index is 0.723. The molecule has 0 bridgehead atoms. The fourth-order valence-electron chi connectivity index (χ4n) is 4.12. The number of H-pyrrole nitrogens is 2. The molecule has 0 amide bonds. The molecule has 148 valence electrons. The summed E-state index contributed by atoms with van der Waals surface area (Å²) in [5.74, 6) is 1.67. The Kier molecular flexibility index (Phi) is 3.93. The molecule has 1 fully saturated rings. The van der Waals surface area contributed by atoms with Crippen molar-refractivity contribution in [3.8, 4) is 22.9 Å². The summed E-state index contributed by atoms with van der Waals surface area (Å²) in [5.41, 5.74) is 5.12. The van der Waals surface area contributed by atoms with Crippen molar-refractivity contribution < 1.29 is 0 Å². The van der Waals surface area contributed by atoms with Crippen LogP contribution in [0, 0.1) is 0 Å². The molecule has 1 aliphatic heterocycles. The Bertz CT molecular complexity index is 1330. The maximum Gasteiger partial charge on any atom is 0.159 e. The number of fused-ring (bicyclic) bond motifs is 2. The van der Waals surface area contributed by atoms with Gasteiger partial charge in [-0.3, -0.25) is 15.1 Å². The highest BCUT2D eigenvalue weighted by Crippen LogP contribution is 2.31. The first-order chi connectivity index (χ1) is 14.9. The first-order valence-corrected chi connectivity index (χ1v) is 10.2. The number of rotatable bonds is 3. The van der Waals surface area contributed by atoms with Gasteiger partial charge in [-0.25, -0.2) is 9.97 Å². The van der Waals surface area contributed by atoms with Gasteiger partial charge in [0.15, 0.2) is 11.6 Å². The van der Waals surface area contributed by atoms with Crippen molar-refractivity contribution in [1.29, 1.82) is 0 Å². The lowest BCUT2D eigenvalue weighted by atomic mass is 10.1. The molecular formula is C22H20N8. The largest absolute Gasteiger partial charge is 0.355 e. The van der Waals surface area contributed by atoms with Crippen LogP contribution in [-0.4, -0.2) is 48.2 Å². The van der Waals surface area contributed by atoms with Gasteiger partial charge >= 0.3 is 0 Å². The number of hydrogen-bond acceptors (Lipinski definition) is 6. The quantitative estimate of drug-likeness (QED) is 0.479. The summed E-state index contributed by atoms with van der Waals surface area (Å²) in [4.78, 5) is 24.2. The van der Waals surface area contributed by atoms with Crippen LogP contribution in [0.4, 0.5) is 5.82 Å². The maximum absolute atomic E-state index is 4.90. The first kappa shape index (κ1) is 17.1. The number of aromatic nitrogens is 7. The van der Waals surface area contributed by atoms with Crippen molar-refractivity contribution in [3.63, 3.8) is 0 Å². The number of pyridine rings is 3. The fraction of sp³-hybridized carbons (Fsp3) is 0.227. The van der Waals surface area contributed by atoms with Crippen LogP contribution in [0.25, 0.3) is 44.8 Å². The second-order valence-electron chi connectivity index (χ2n) is 7.57.